The van der Waals surface area contributed by atoms with Crippen LogP contribution in [0, 0.1) is 0 Å². The van der Waals surface area contributed by atoms with E-state index in [9.17, 15) is 0 Å². The summed E-state index contributed by atoms with van der Waals surface area (Å²) in [5.41, 5.74) is 2.37. The molecular formula is C17H20ClNO. The first-order valence-electron chi connectivity index (χ1n) is 6.81. The molecule has 2 aromatic carbocycles. The molecule has 0 aliphatic carbocycles. The fraction of sp³-hybridized carbons (Fsp3) is 0.294. The molecule has 2 nitrogen and oxygen atoms in total. The highest BCUT2D eigenvalue weighted by Gasteiger charge is 2.04. The summed E-state index contributed by atoms with van der Waals surface area (Å²) in [6, 6.07) is 13.9. The molecule has 2 aromatic rings. The Balaban J connectivity index is 2.11. The molecule has 0 unspecified atom stereocenters. The number of hydrogen-bond acceptors (Lipinski definition) is 2. The Morgan fingerprint density at radius 2 is 1.70 bits per heavy atom. The van der Waals surface area contributed by atoms with Crippen molar-refractivity contribution in [3.05, 3.63) is 58.6 Å². The molecule has 106 valence electrons. The molecule has 0 aromatic heterocycles. The lowest BCUT2D eigenvalue weighted by molar-refractivity contribution is 0.482. The number of halogens is 1. The molecule has 20 heavy (non-hydrogen) atoms. The van der Waals surface area contributed by atoms with E-state index in [-0.39, 0.29) is 0 Å². The van der Waals surface area contributed by atoms with Crippen LogP contribution in [0.5, 0.6) is 11.5 Å². The smallest absolute Gasteiger partial charge is 0.128 e. The summed E-state index contributed by atoms with van der Waals surface area (Å²) in [5, 5.41) is 3.80. The molecular weight excluding hydrogens is 270 g/mol. The van der Waals surface area contributed by atoms with E-state index in [0.717, 1.165) is 28.6 Å². The Kier molecular flexibility index (Phi) is 5.05. The molecule has 0 aliphatic rings. The second-order valence-electron chi connectivity index (χ2n) is 5.11. The topological polar surface area (TPSA) is 21.3 Å². The molecule has 0 spiro atoms. The zero-order chi connectivity index (χ0) is 14.5. The Bertz CT molecular complexity index is 564. The van der Waals surface area contributed by atoms with Crippen LogP contribution in [0.15, 0.2) is 42.5 Å². The fourth-order valence-corrected chi connectivity index (χ4v) is 2.22. The van der Waals surface area contributed by atoms with Crippen LogP contribution in [0.4, 0.5) is 0 Å². The zero-order valence-electron chi connectivity index (χ0n) is 12.1. The van der Waals surface area contributed by atoms with Gasteiger partial charge in [-0.25, -0.2) is 0 Å². The van der Waals surface area contributed by atoms with E-state index in [0.29, 0.717) is 5.92 Å². The van der Waals surface area contributed by atoms with E-state index < -0.39 is 0 Å². The molecule has 0 fully saturated rings. The van der Waals surface area contributed by atoms with Gasteiger partial charge in [0.05, 0.1) is 0 Å². The van der Waals surface area contributed by atoms with E-state index in [1.165, 1.54) is 5.56 Å². The van der Waals surface area contributed by atoms with Gasteiger partial charge in [0, 0.05) is 11.6 Å². The van der Waals surface area contributed by atoms with Gasteiger partial charge in [0.25, 0.3) is 0 Å². The van der Waals surface area contributed by atoms with Crippen LogP contribution in [-0.4, -0.2) is 7.05 Å². The minimum Gasteiger partial charge on any atom is -0.457 e. The summed E-state index contributed by atoms with van der Waals surface area (Å²) in [7, 11) is 1.90. The molecule has 0 saturated heterocycles. The Morgan fingerprint density at radius 1 is 1.05 bits per heavy atom. The third-order valence-corrected chi connectivity index (χ3v) is 3.53. The molecule has 0 amide bonds. The van der Waals surface area contributed by atoms with Gasteiger partial charge in [-0.1, -0.05) is 43.6 Å². The van der Waals surface area contributed by atoms with E-state index in [4.69, 9.17) is 16.3 Å². The highest BCUT2D eigenvalue weighted by atomic mass is 35.5. The maximum atomic E-state index is 6.22. The van der Waals surface area contributed by atoms with Gasteiger partial charge < -0.3 is 10.1 Å². The standard InChI is InChI=1S/C17H20ClNO/c1-12(2)13-4-7-15(8-5-13)20-16-9-6-14(11-19-3)17(18)10-16/h4-10,12,19H,11H2,1-3H3. The van der Waals surface area contributed by atoms with Crippen molar-refractivity contribution in [2.24, 2.45) is 0 Å². The molecule has 0 saturated carbocycles. The first-order valence-corrected chi connectivity index (χ1v) is 7.19. The number of ether oxygens (including phenoxy) is 1. The van der Waals surface area contributed by atoms with Gasteiger partial charge in [-0.15, -0.1) is 0 Å². The van der Waals surface area contributed by atoms with Crippen molar-refractivity contribution in [2.45, 2.75) is 26.3 Å². The molecule has 0 radical (unpaired) electrons. The van der Waals surface area contributed by atoms with Crippen molar-refractivity contribution in [3.8, 4) is 11.5 Å². The van der Waals surface area contributed by atoms with E-state index in [1.807, 2.05) is 37.4 Å². The largest absolute Gasteiger partial charge is 0.457 e. The molecule has 1 N–H and O–H groups in total. The molecule has 0 aliphatic heterocycles. The predicted molar refractivity (Wildman–Crippen MR) is 84.8 cm³/mol. The average Bonchev–Trinajstić information content (AvgIpc) is 2.42. The number of rotatable bonds is 5. The first-order chi connectivity index (χ1) is 9.60. The monoisotopic (exact) mass is 289 g/mol. The van der Waals surface area contributed by atoms with Crippen LogP contribution in [-0.2, 0) is 6.54 Å². The van der Waals surface area contributed by atoms with Crippen molar-refractivity contribution >= 4 is 11.6 Å². The van der Waals surface area contributed by atoms with Crippen LogP contribution in [0.1, 0.15) is 30.9 Å². The van der Waals surface area contributed by atoms with Gasteiger partial charge in [0.1, 0.15) is 11.5 Å². The maximum Gasteiger partial charge on any atom is 0.128 e. The van der Waals surface area contributed by atoms with Crippen LogP contribution in [0.25, 0.3) is 0 Å². The normalized spacial score (nSPS) is 10.8. The van der Waals surface area contributed by atoms with Crippen molar-refractivity contribution in [1.82, 2.24) is 5.32 Å². The summed E-state index contributed by atoms with van der Waals surface area (Å²) in [6.07, 6.45) is 0. The van der Waals surface area contributed by atoms with E-state index in [1.54, 1.807) is 0 Å². The van der Waals surface area contributed by atoms with Crippen molar-refractivity contribution in [3.63, 3.8) is 0 Å². The van der Waals surface area contributed by atoms with Crippen molar-refractivity contribution in [2.75, 3.05) is 7.05 Å². The van der Waals surface area contributed by atoms with Gasteiger partial charge in [-0.3, -0.25) is 0 Å². The summed E-state index contributed by atoms with van der Waals surface area (Å²) in [5.74, 6) is 2.11. The molecule has 0 atom stereocenters. The van der Waals surface area contributed by atoms with Crippen LogP contribution < -0.4 is 10.1 Å². The van der Waals surface area contributed by atoms with Gasteiger partial charge >= 0.3 is 0 Å². The zero-order valence-corrected chi connectivity index (χ0v) is 12.9. The fourth-order valence-electron chi connectivity index (χ4n) is 1.98. The Hall–Kier alpha value is -1.51. The Labute approximate surface area is 125 Å². The number of hydrogen-bond donors (Lipinski definition) is 1. The minimum absolute atomic E-state index is 0.527. The number of nitrogens with one attached hydrogen (secondary N) is 1. The molecule has 0 heterocycles. The van der Waals surface area contributed by atoms with E-state index >= 15 is 0 Å². The lowest BCUT2D eigenvalue weighted by Gasteiger charge is -2.10. The number of benzene rings is 2. The maximum absolute atomic E-state index is 6.22. The van der Waals surface area contributed by atoms with E-state index in [2.05, 4.69) is 31.3 Å². The third-order valence-electron chi connectivity index (χ3n) is 3.17. The van der Waals surface area contributed by atoms with Crippen molar-refractivity contribution < 1.29 is 4.74 Å². The van der Waals surface area contributed by atoms with Gasteiger partial charge in [-0.2, -0.15) is 0 Å². The highest BCUT2D eigenvalue weighted by molar-refractivity contribution is 6.31. The van der Waals surface area contributed by atoms with Gasteiger partial charge in [0.2, 0.25) is 0 Å². The van der Waals surface area contributed by atoms with Crippen molar-refractivity contribution in [1.29, 1.82) is 0 Å². The summed E-state index contributed by atoms with van der Waals surface area (Å²) < 4.78 is 5.82. The predicted octanol–water partition coefficient (Wildman–Crippen LogP) is 4.98. The average molecular weight is 290 g/mol. The lowest BCUT2D eigenvalue weighted by atomic mass is 10.0. The van der Waals surface area contributed by atoms with Gasteiger partial charge in [0.15, 0.2) is 0 Å². The molecule has 0 bridgehead atoms. The summed E-state index contributed by atoms with van der Waals surface area (Å²) in [4.78, 5) is 0. The van der Waals surface area contributed by atoms with Crippen LogP contribution in [0.2, 0.25) is 5.02 Å². The van der Waals surface area contributed by atoms with Crippen LogP contribution in [0.3, 0.4) is 0 Å². The SMILES string of the molecule is CNCc1ccc(Oc2ccc(C(C)C)cc2)cc1Cl. The Morgan fingerprint density at radius 3 is 2.25 bits per heavy atom. The molecule has 2 rings (SSSR count). The summed E-state index contributed by atoms with van der Waals surface area (Å²) in [6.45, 7) is 5.11. The van der Waals surface area contributed by atoms with Gasteiger partial charge in [-0.05, 0) is 48.4 Å². The quantitative estimate of drug-likeness (QED) is 0.838. The second-order valence-corrected chi connectivity index (χ2v) is 5.52. The lowest BCUT2D eigenvalue weighted by Crippen LogP contribution is -2.05. The van der Waals surface area contributed by atoms with Crippen LogP contribution >= 0.6 is 11.6 Å². The highest BCUT2D eigenvalue weighted by Crippen LogP contribution is 2.27. The molecule has 3 heteroatoms. The first kappa shape index (κ1) is 14.9. The minimum atomic E-state index is 0.527. The third kappa shape index (κ3) is 3.75. The second kappa shape index (κ2) is 6.78. The summed E-state index contributed by atoms with van der Waals surface area (Å²) >= 11 is 6.22.